The fourth-order valence-electron chi connectivity index (χ4n) is 3.65. The maximum absolute atomic E-state index is 12.7. The van der Waals surface area contributed by atoms with E-state index in [1.165, 1.54) is 10.5 Å². The fraction of sp³-hybridized carbons (Fsp3) is 0.391. The lowest BCUT2D eigenvalue weighted by atomic mass is 10.1. The Balaban J connectivity index is 1.50. The van der Waals surface area contributed by atoms with Gasteiger partial charge in [0.25, 0.3) is 5.91 Å². The van der Waals surface area contributed by atoms with Crippen LogP contribution in [0.4, 0.5) is 0 Å². The van der Waals surface area contributed by atoms with Crippen LogP contribution in [0.2, 0.25) is 0 Å². The lowest BCUT2D eigenvalue weighted by Gasteiger charge is -2.15. The molecule has 1 aliphatic heterocycles. The first-order valence-electron chi connectivity index (χ1n) is 10.1. The number of methoxy groups -OCH3 is 3. The van der Waals surface area contributed by atoms with Crippen molar-refractivity contribution in [1.82, 2.24) is 4.90 Å². The lowest BCUT2D eigenvalue weighted by molar-refractivity contribution is -0.674. The van der Waals surface area contributed by atoms with Gasteiger partial charge in [-0.1, -0.05) is 18.2 Å². The number of amides is 2. The molecule has 7 heteroatoms. The molecule has 0 aliphatic carbocycles. The number of hydrogen-bond donors (Lipinski definition) is 1. The van der Waals surface area contributed by atoms with Crippen LogP contribution in [0.5, 0.6) is 17.2 Å². The van der Waals surface area contributed by atoms with E-state index in [9.17, 15) is 9.59 Å². The molecule has 1 atom stereocenters. The first-order valence-corrected chi connectivity index (χ1v) is 10.1. The van der Waals surface area contributed by atoms with E-state index >= 15 is 0 Å². The molecule has 0 saturated carbocycles. The van der Waals surface area contributed by atoms with Crippen molar-refractivity contribution in [3.8, 4) is 17.2 Å². The maximum atomic E-state index is 12.7. The second kappa shape index (κ2) is 10.1. The van der Waals surface area contributed by atoms with Crippen LogP contribution in [0, 0.1) is 0 Å². The molecule has 0 radical (unpaired) electrons. The highest BCUT2D eigenvalue weighted by Gasteiger charge is 2.40. The average molecular weight is 413 g/mol. The minimum atomic E-state index is -0.332. The molecule has 0 bridgehead atoms. The van der Waals surface area contributed by atoms with Crippen molar-refractivity contribution in [3.63, 3.8) is 0 Å². The number of rotatable bonds is 10. The van der Waals surface area contributed by atoms with Crippen molar-refractivity contribution in [2.45, 2.75) is 25.3 Å². The number of carbonyl (C=O) groups is 2. The van der Waals surface area contributed by atoms with Crippen molar-refractivity contribution in [1.29, 1.82) is 0 Å². The number of nitrogens with two attached hydrogens (primary N) is 1. The highest BCUT2D eigenvalue weighted by molar-refractivity contribution is 6.04. The first kappa shape index (κ1) is 21.6. The Labute approximate surface area is 176 Å². The van der Waals surface area contributed by atoms with Crippen LogP contribution in [0.3, 0.4) is 0 Å². The Morgan fingerprint density at radius 3 is 2.27 bits per heavy atom. The number of imide groups is 1. The summed E-state index contributed by atoms with van der Waals surface area (Å²) in [5.41, 5.74) is 2.16. The number of carbonyl (C=O) groups excluding carboxylic acids is 2. The van der Waals surface area contributed by atoms with E-state index in [-0.39, 0.29) is 24.3 Å². The topological polar surface area (TPSA) is 81.7 Å². The van der Waals surface area contributed by atoms with Gasteiger partial charge in [0.15, 0.2) is 17.5 Å². The normalized spacial score (nSPS) is 16.1. The van der Waals surface area contributed by atoms with Gasteiger partial charge >= 0.3 is 0 Å². The average Bonchev–Trinajstić information content (AvgIpc) is 3.05. The van der Waals surface area contributed by atoms with E-state index in [4.69, 9.17) is 14.2 Å². The Morgan fingerprint density at radius 1 is 0.900 bits per heavy atom. The molecule has 3 rings (SSSR count). The summed E-state index contributed by atoms with van der Waals surface area (Å²) in [7, 11) is 4.81. The number of hydrogen-bond acceptors (Lipinski definition) is 5. The Bertz CT molecular complexity index is 882. The molecule has 2 aromatic carbocycles. The zero-order valence-electron chi connectivity index (χ0n) is 17.7. The molecule has 1 saturated heterocycles. The Morgan fingerprint density at radius 2 is 1.60 bits per heavy atom. The fourth-order valence-corrected chi connectivity index (χ4v) is 3.65. The van der Waals surface area contributed by atoms with Gasteiger partial charge in [-0.05, 0) is 41.8 Å². The highest BCUT2D eigenvalue weighted by Crippen LogP contribution is 2.28. The third-order valence-corrected chi connectivity index (χ3v) is 5.39. The summed E-state index contributed by atoms with van der Waals surface area (Å²) in [4.78, 5) is 26.4. The molecule has 160 valence electrons. The Kier molecular flexibility index (Phi) is 7.30. The molecule has 30 heavy (non-hydrogen) atoms. The van der Waals surface area contributed by atoms with Crippen molar-refractivity contribution in [2.24, 2.45) is 0 Å². The lowest BCUT2D eigenvalue weighted by Crippen LogP contribution is -2.92. The van der Waals surface area contributed by atoms with Gasteiger partial charge in [-0.2, -0.15) is 0 Å². The molecule has 1 fully saturated rings. The second-order valence-electron chi connectivity index (χ2n) is 7.26. The second-order valence-corrected chi connectivity index (χ2v) is 7.26. The van der Waals surface area contributed by atoms with Gasteiger partial charge < -0.3 is 19.5 Å². The van der Waals surface area contributed by atoms with E-state index in [0.717, 1.165) is 24.3 Å². The van der Waals surface area contributed by atoms with Gasteiger partial charge in [0, 0.05) is 13.0 Å². The predicted octanol–water partition coefficient (Wildman–Crippen LogP) is 1.19. The van der Waals surface area contributed by atoms with Crippen LogP contribution in [0.25, 0.3) is 0 Å². The number of ether oxygens (including phenoxy) is 3. The van der Waals surface area contributed by atoms with E-state index in [1.807, 2.05) is 47.8 Å². The number of quaternary nitrogens is 1. The van der Waals surface area contributed by atoms with Crippen LogP contribution in [-0.2, 0) is 22.4 Å². The smallest absolute Gasteiger partial charge is 0.287 e. The summed E-state index contributed by atoms with van der Waals surface area (Å²) in [5, 5.41) is 1.97. The Hall–Kier alpha value is -3.06. The molecule has 2 aromatic rings. The van der Waals surface area contributed by atoms with Crippen molar-refractivity contribution in [3.05, 3.63) is 53.6 Å². The molecule has 0 spiro atoms. The van der Waals surface area contributed by atoms with Crippen LogP contribution in [0.1, 0.15) is 17.5 Å². The third kappa shape index (κ3) is 5.10. The molecule has 0 aromatic heterocycles. The van der Waals surface area contributed by atoms with Gasteiger partial charge in [0.05, 0.1) is 34.3 Å². The summed E-state index contributed by atoms with van der Waals surface area (Å²) >= 11 is 0. The van der Waals surface area contributed by atoms with Crippen LogP contribution < -0.4 is 19.5 Å². The number of likely N-dealkylation sites (tertiary alicyclic amines) is 1. The summed E-state index contributed by atoms with van der Waals surface area (Å²) in [6, 6.07) is 13.2. The first-order chi connectivity index (χ1) is 14.5. The van der Waals surface area contributed by atoms with Crippen molar-refractivity contribution in [2.75, 3.05) is 34.4 Å². The molecule has 7 nitrogen and oxygen atoms in total. The van der Waals surface area contributed by atoms with E-state index in [0.29, 0.717) is 24.5 Å². The molecular weight excluding hydrogens is 384 g/mol. The van der Waals surface area contributed by atoms with Crippen molar-refractivity contribution >= 4 is 11.8 Å². The number of benzene rings is 2. The van der Waals surface area contributed by atoms with E-state index in [1.54, 1.807) is 21.3 Å². The molecule has 1 heterocycles. The molecule has 2 N–H and O–H groups in total. The largest absolute Gasteiger partial charge is 0.497 e. The third-order valence-electron chi connectivity index (χ3n) is 5.39. The standard InChI is InChI=1S/C23H28N2O5/c1-28-18-7-4-16(5-8-18)10-12-24-19-15-22(26)25(23(19)27)13-11-17-6-9-20(29-2)21(14-17)30-3/h4-9,14,19,24H,10-13,15H2,1-3H3/p+1/t19-/m1/s1. The number of nitrogens with zero attached hydrogens (tertiary/aromatic N) is 1. The maximum Gasteiger partial charge on any atom is 0.287 e. The SMILES string of the molecule is COc1ccc(CC[NH2+][C@@H]2CC(=O)N(CCc3ccc(OC)c(OC)c3)C2=O)cc1. The summed E-state index contributed by atoms with van der Waals surface area (Å²) in [6.07, 6.45) is 1.66. The van der Waals surface area contributed by atoms with Gasteiger partial charge in [-0.25, -0.2) is 0 Å². The highest BCUT2D eigenvalue weighted by atomic mass is 16.5. The van der Waals surface area contributed by atoms with Gasteiger partial charge in [-0.15, -0.1) is 0 Å². The quantitative estimate of drug-likeness (QED) is 0.592. The van der Waals surface area contributed by atoms with E-state index in [2.05, 4.69) is 0 Å². The van der Waals surface area contributed by atoms with Gasteiger partial charge in [0.2, 0.25) is 5.91 Å². The van der Waals surface area contributed by atoms with Gasteiger partial charge in [-0.3, -0.25) is 14.5 Å². The summed E-state index contributed by atoms with van der Waals surface area (Å²) in [5.74, 6) is 1.91. The van der Waals surface area contributed by atoms with Crippen molar-refractivity contribution < 1.29 is 29.1 Å². The summed E-state index contributed by atoms with van der Waals surface area (Å²) < 4.78 is 15.7. The van der Waals surface area contributed by atoms with Crippen LogP contribution in [0.15, 0.2) is 42.5 Å². The zero-order chi connectivity index (χ0) is 21.5. The van der Waals surface area contributed by atoms with E-state index < -0.39 is 0 Å². The van der Waals surface area contributed by atoms with Gasteiger partial charge in [0.1, 0.15) is 5.75 Å². The molecular formula is C23H29N2O5+. The van der Waals surface area contributed by atoms with Crippen LogP contribution >= 0.6 is 0 Å². The monoisotopic (exact) mass is 413 g/mol. The molecule has 2 amide bonds. The predicted molar refractivity (Wildman–Crippen MR) is 112 cm³/mol. The summed E-state index contributed by atoms with van der Waals surface area (Å²) in [6.45, 7) is 1.12. The molecule has 1 aliphatic rings. The minimum absolute atomic E-state index is 0.102. The minimum Gasteiger partial charge on any atom is -0.497 e. The van der Waals surface area contributed by atoms with Crippen LogP contribution in [-0.4, -0.2) is 57.2 Å². The zero-order valence-corrected chi connectivity index (χ0v) is 17.7. The molecule has 0 unspecified atom stereocenters.